The molecule has 0 aliphatic heterocycles. The highest BCUT2D eigenvalue weighted by Gasteiger charge is 2.24. The summed E-state index contributed by atoms with van der Waals surface area (Å²) in [6.07, 6.45) is 0. The van der Waals surface area contributed by atoms with E-state index in [4.69, 9.17) is 10.2 Å². The normalized spacial score (nSPS) is 11.6. The largest absolute Gasteiger partial charge is 0.480 e. The van der Waals surface area contributed by atoms with Gasteiger partial charge < -0.3 is 20.3 Å². The number of carbonyl (C=O) groups is 4. The minimum atomic E-state index is -1.26. The number of hydrogen-bond acceptors (Lipinski definition) is 7. The first kappa shape index (κ1) is 22.5. The fourth-order valence-corrected chi connectivity index (χ4v) is 3.17. The van der Waals surface area contributed by atoms with Crippen molar-refractivity contribution in [3.63, 3.8) is 0 Å². The van der Waals surface area contributed by atoms with Gasteiger partial charge in [0.05, 0.1) is 26.7 Å². The van der Waals surface area contributed by atoms with Crippen LogP contribution in [-0.2, 0) is 29.7 Å². The highest BCUT2D eigenvalue weighted by Crippen LogP contribution is 2.13. The number of amides is 1. The average molecular weight is 398 g/mol. The quantitative estimate of drug-likeness (QED) is 0.418. The Hall–Kier alpha value is -2.59. The van der Waals surface area contributed by atoms with Gasteiger partial charge in [-0.2, -0.15) is 11.8 Å². The predicted molar refractivity (Wildman–Crippen MR) is 98.3 cm³/mol. The van der Waals surface area contributed by atoms with Crippen molar-refractivity contribution in [3.05, 3.63) is 35.9 Å². The molecule has 0 fully saturated rings. The zero-order chi connectivity index (χ0) is 20.2. The molecule has 0 aliphatic rings. The number of nitrogens with one attached hydrogen (secondary N) is 1. The van der Waals surface area contributed by atoms with Crippen LogP contribution < -0.4 is 5.32 Å². The Morgan fingerprint density at radius 3 is 2.19 bits per heavy atom. The first-order valence-corrected chi connectivity index (χ1v) is 9.12. The Morgan fingerprint density at radius 2 is 1.67 bits per heavy atom. The van der Waals surface area contributed by atoms with Crippen molar-refractivity contribution >= 4 is 35.6 Å². The average Bonchev–Trinajstić information content (AvgIpc) is 2.59. The maximum atomic E-state index is 12.1. The number of methoxy groups -OCH3 is 1. The van der Waals surface area contributed by atoms with E-state index >= 15 is 0 Å². The van der Waals surface area contributed by atoms with E-state index in [1.165, 1.54) is 18.9 Å². The van der Waals surface area contributed by atoms with Crippen molar-refractivity contribution in [2.45, 2.75) is 11.8 Å². The van der Waals surface area contributed by atoms with Gasteiger partial charge in [0.15, 0.2) is 0 Å². The van der Waals surface area contributed by atoms with Crippen LogP contribution in [-0.4, -0.2) is 77.5 Å². The minimum Gasteiger partial charge on any atom is -0.480 e. The van der Waals surface area contributed by atoms with Crippen LogP contribution in [0, 0.1) is 0 Å². The second kappa shape index (κ2) is 11.9. The number of carboxylic acids is 2. The Balaban J connectivity index is 2.60. The van der Waals surface area contributed by atoms with Gasteiger partial charge in [0.1, 0.15) is 6.04 Å². The summed E-state index contributed by atoms with van der Waals surface area (Å²) in [7, 11) is 1.20. The molecule has 1 aromatic rings. The molecular weight excluding hydrogens is 376 g/mol. The smallest absolute Gasteiger partial charge is 0.329 e. The van der Waals surface area contributed by atoms with E-state index in [0.29, 0.717) is 5.75 Å². The van der Waals surface area contributed by atoms with E-state index in [0.717, 1.165) is 10.5 Å². The van der Waals surface area contributed by atoms with E-state index < -0.39 is 49.5 Å². The van der Waals surface area contributed by atoms with E-state index in [9.17, 15) is 19.2 Å². The molecule has 27 heavy (non-hydrogen) atoms. The minimum absolute atomic E-state index is 0.255. The summed E-state index contributed by atoms with van der Waals surface area (Å²) in [6.45, 7) is -1.67. The third-order valence-corrected chi connectivity index (χ3v) is 4.41. The topological polar surface area (TPSA) is 133 Å². The molecule has 3 N–H and O–H groups in total. The summed E-state index contributed by atoms with van der Waals surface area (Å²) in [6, 6.07) is 8.64. The molecule has 10 heteroatoms. The zero-order valence-electron chi connectivity index (χ0n) is 14.8. The number of aliphatic carboxylic acids is 2. The van der Waals surface area contributed by atoms with Crippen molar-refractivity contribution in [2.75, 3.05) is 32.5 Å². The van der Waals surface area contributed by atoms with Gasteiger partial charge >= 0.3 is 17.9 Å². The molecule has 1 atom stereocenters. The first-order valence-electron chi connectivity index (χ1n) is 7.96. The van der Waals surface area contributed by atoms with Gasteiger partial charge in [0.25, 0.3) is 0 Å². The summed E-state index contributed by atoms with van der Waals surface area (Å²) in [5, 5.41) is 20.1. The van der Waals surface area contributed by atoms with Gasteiger partial charge in [0, 0.05) is 11.5 Å². The number of rotatable bonds is 12. The number of ether oxygens (including phenoxy) is 1. The number of nitrogens with zero attached hydrogens (tertiary/aromatic N) is 1. The molecule has 1 unspecified atom stereocenters. The summed E-state index contributed by atoms with van der Waals surface area (Å²) in [5.74, 6) is -2.92. The molecule has 0 spiro atoms. The Bertz CT molecular complexity index is 638. The molecule has 9 nitrogen and oxygen atoms in total. The van der Waals surface area contributed by atoms with Crippen molar-refractivity contribution < 1.29 is 34.1 Å². The first-order chi connectivity index (χ1) is 12.8. The molecule has 0 radical (unpaired) electrons. The number of carbonyl (C=O) groups excluding carboxylic acids is 2. The van der Waals surface area contributed by atoms with Gasteiger partial charge in [-0.15, -0.1) is 0 Å². The molecule has 148 valence electrons. The highest BCUT2D eigenvalue weighted by molar-refractivity contribution is 7.98. The molecule has 1 aromatic carbocycles. The van der Waals surface area contributed by atoms with E-state index in [1.54, 1.807) is 0 Å². The lowest BCUT2D eigenvalue weighted by molar-refractivity contribution is -0.146. The van der Waals surface area contributed by atoms with Crippen molar-refractivity contribution in [3.8, 4) is 0 Å². The summed E-state index contributed by atoms with van der Waals surface area (Å²) in [4.78, 5) is 46.5. The maximum absolute atomic E-state index is 12.1. The van der Waals surface area contributed by atoms with Crippen molar-refractivity contribution in [1.29, 1.82) is 0 Å². The predicted octanol–water partition coefficient (Wildman–Crippen LogP) is 0.0488. The molecule has 0 bridgehead atoms. The van der Waals surface area contributed by atoms with Gasteiger partial charge in [-0.3, -0.25) is 19.3 Å². The summed E-state index contributed by atoms with van der Waals surface area (Å²) < 4.78 is 4.68. The monoisotopic (exact) mass is 398 g/mol. The van der Waals surface area contributed by atoms with Gasteiger partial charge in [-0.25, -0.2) is 4.79 Å². The molecule has 0 aliphatic carbocycles. The van der Waals surface area contributed by atoms with Gasteiger partial charge in [0.2, 0.25) is 5.91 Å². The van der Waals surface area contributed by atoms with Gasteiger partial charge in [-0.1, -0.05) is 30.3 Å². The molecule has 1 rings (SSSR count). The number of thioether (sulfide) groups is 1. The van der Waals surface area contributed by atoms with Crippen molar-refractivity contribution in [1.82, 2.24) is 10.2 Å². The van der Waals surface area contributed by atoms with Crippen LogP contribution in [0.4, 0.5) is 0 Å². The molecular formula is C17H22N2O7S. The Kier molecular flexibility index (Phi) is 9.91. The molecule has 0 heterocycles. The Labute approximate surface area is 160 Å². The second-order valence-electron chi connectivity index (χ2n) is 5.58. The third kappa shape index (κ3) is 9.61. The van der Waals surface area contributed by atoms with Crippen LogP contribution in [0.2, 0.25) is 0 Å². The summed E-state index contributed by atoms with van der Waals surface area (Å²) >= 11 is 1.42. The van der Waals surface area contributed by atoms with Crippen molar-refractivity contribution in [2.24, 2.45) is 0 Å². The highest BCUT2D eigenvalue weighted by atomic mass is 32.2. The fourth-order valence-electron chi connectivity index (χ4n) is 2.17. The standard InChI is InChI=1S/C17H22N2O7S/c1-26-17(25)13(11-27-10-12-5-3-2-4-6-12)18-14(20)7-19(8-15(21)22)9-16(23)24/h2-6,13H,7-11H2,1H3,(H,18,20)(H,21,22)(H,23,24). The lowest BCUT2D eigenvalue weighted by atomic mass is 10.2. The summed E-state index contributed by atoms with van der Waals surface area (Å²) in [5.41, 5.74) is 1.06. The number of esters is 1. The Morgan fingerprint density at radius 1 is 1.07 bits per heavy atom. The van der Waals surface area contributed by atoms with E-state index in [-0.39, 0.29) is 5.75 Å². The third-order valence-electron chi connectivity index (χ3n) is 3.30. The van der Waals surface area contributed by atoms with Crippen LogP contribution in [0.15, 0.2) is 30.3 Å². The molecule has 0 aromatic heterocycles. The van der Waals surface area contributed by atoms with Crippen LogP contribution in [0.1, 0.15) is 5.56 Å². The van der Waals surface area contributed by atoms with E-state index in [2.05, 4.69) is 10.1 Å². The zero-order valence-corrected chi connectivity index (χ0v) is 15.6. The molecule has 0 saturated carbocycles. The number of hydrogen-bond donors (Lipinski definition) is 3. The molecule has 0 saturated heterocycles. The fraction of sp³-hybridized carbons (Fsp3) is 0.412. The van der Waals surface area contributed by atoms with E-state index in [1.807, 2.05) is 30.3 Å². The number of carboxylic acid groups (broad SMARTS) is 2. The van der Waals surface area contributed by atoms with Crippen LogP contribution in [0.5, 0.6) is 0 Å². The lowest BCUT2D eigenvalue weighted by Crippen LogP contribution is -2.48. The SMILES string of the molecule is COC(=O)C(CSCc1ccccc1)NC(=O)CN(CC(=O)O)CC(=O)O. The van der Waals surface area contributed by atoms with Crippen LogP contribution in [0.25, 0.3) is 0 Å². The van der Waals surface area contributed by atoms with Gasteiger partial charge in [-0.05, 0) is 5.56 Å². The number of benzene rings is 1. The molecule has 1 amide bonds. The maximum Gasteiger partial charge on any atom is 0.329 e. The second-order valence-corrected chi connectivity index (χ2v) is 6.61. The van der Waals surface area contributed by atoms with Crippen LogP contribution >= 0.6 is 11.8 Å². The lowest BCUT2D eigenvalue weighted by Gasteiger charge is -2.20. The van der Waals surface area contributed by atoms with Crippen LogP contribution in [0.3, 0.4) is 0 Å².